The van der Waals surface area contributed by atoms with E-state index in [9.17, 15) is 9.90 Å². The Morgan fingerprint density at radius 3 is 2.95 bits per heavy atom. The van der Waals surface area contributed by atoms with E-state index in [1.165, 1.54) is 18.6 Å². The van der Waals surface area contributed by atoms with Crippen molar-refractivity contribution in [2.75, 3.05) is 6.54 Å². The fraction of sp³-hybridized carbons (Fsp3) is 0.533. The van der Waals surface area contributed by atoms with Crippen molar-refractivity contribution in [3.05, 3.63) is 28.8 Å². The molecule has 0 aromatic heterocycles. The standard InChI is InChI=1S/C15H21ClN2O2/c1-10-4-2-3-7-15(10,9-17)18-14(20)12-8-11(16)5-6-13(12)19/h5-6,8,10,19H,2-4,7,9,17H2,1H3,(H,18,20). The van der Waals surface area contributed by atoms with E-state index in [1.54, 1.807) is 6.07 Å². The molecule has 1 aliphatic carbocycles. The lowest BCUT2D eigenvalue weighted by molar-refractivity contribution is 0.0810. The molecule has 0 bridgehead atoms. The minimum absolute atomic E-state index is 0.0671. The first-order valence-corrected chi connectivity index (χ1v) is 7.37. The third-order valence-corrected chi connectivity index (χ3v) is 4.62. The molecule has 1 amide bonds. The summed E-state index contributed by atoms with van der Waals surface area (Å²) in [6.07, 6.45) is 4.15. The number of phenolic OH excluding ortho intramolecular Hbond substituents is 1. The number of benzene rings is 1. The molecule has 1 fully saturated rings. The molecule has 2 unspecified atom stereocenters. The molecule has 2 atom stereocenters. The fourth-order valence-corrected chi connectivity index (χ4v) is 3.11. The highest BCUT2D eigenvalue weighted by molar-refractivity contribution is 6.31. The Hall–Kier alpha value is -1.26. The van der Waals surface area contributed by atoms with Gasteiger partial charge in [0.1, 0.15) is 5.75 Å². The molecule has 4 N–H and O–H groups in total. The lowest BCUT2D eigenvalue weighted by Gasteiger charge is -2.42. The Balaban J connectivity index is 2.23. The molecule has 110 valence electrons. The predicted octanol–water partition coefficient (Wildman–Crippen LogP) is 2.68. The maximum atomic E-state index is 12.4. The maximum absolute atomic E-state index is 12.4. The molecule has 1 aromatic carbocycles. The Bertz CT molecular complexity index is 507. The monoisotopic (exact) mass is 296 g/mol. The average molecular weight is 297 g/mol. The van der Waals surface area contributed by atoms with E-state index >= 15 is 0 Å². The van der Waals surface area contributed by atoms with E-state index in [4.69, 9.17) is 17.3 Å². The summed E-state index contributed by atoms with van der Waals surface area (Å²) in [5, 5.41) is 13.3. The van der Waals surface area contributed by atoms with Crippen LogP contribution in [0.3, 0.4) is 0 Å². The van der Waals surface area contributed by atoms with Crippen LogP contribution in [0, 0.1) is 5.92 Å². The Morgan fingerprint density at radius 1 is 1.55 bits per heavy atom. The highest BCUT2D eigenvalue weighted by atomic mass is 35.5. The molecule has 0 spiro atoms. The van der Waals surface area contributed by atoms with Crippen molar-refractivity contribution in [2.45, 2.75) is 38.1 Å². The first kappa shape index (κ1) is 15.1. The van der Waals surface area contributed by atoms with Crippen molar-refractivity contribution in [3.8, 4) is 5.75 Å². The van der Waals surface area contributed by atoms with Crippen molar-refractivity contribution >= 4 is 17.5 Å². The third kappa shape index (κ3) is 2.91. The number of rotatable bonds is 3. The molecule has 0 aliphatic heterocycles. The van der Waals surface area contributed by atoms with Crippen molar-refractivity contribution in [1.29, 1.82) is 0 Å². The normalized spacial score (nSPS) is 26.2. The molecule has 0 radical (unpaired) electrons. The summed E-state index contributed by atoms with van der Waals surface area (Å²) in [7, 11) is 0. The number of hydrogen-bond acceptors (Lipinski definition) is 3. The van der Waals surface area contributed by atoms with Gasteiger partial charge in [0.2, 0.25) is 0 Å². The van der Waals surface area contributed by atoms with Crippen molar-refractivity contribution in [1.82, 2.24) is 5.32 Å². The summed E-state index contributed by atoms with van der Waals surface area (Å²) in [6.45, 7) is 2.52. The molecule has 1 aromatic rings. The van der Waals surface area contributed by atoms with Gasteiger partial charge in [-0.2, -0.15) is 0 Å². The molecule has 5 heteroatoms. The predicted molar refractivity (Wildman–Crippen MR) is 80.0 cm³/mol. The summed E-state index contributed by atoms with van der Waals surface area (Å²) < 4.78 is 0. The van der Waals surface area contributed by atoms with Gasteiger partial charge in [0.15, 0.2) is 0 Å². The van der Waals surface area contributed by atoms with Crippen LogP contribution in [0.15, 0.2) is 18.2 Å². The van der Waals surface area contributed by atoms with E-state index < -0.39 is 0 Å². The van der Waals surface area contributed by atoms with Crippen molar-refractivity contribution < 1.29 is 9.90 Å². The maximum Gasteiger partial charge on any atom is 0.255 e. The van der Waals surface area contributed by atoms with Crippen LogP contribution in [-0.4, -0.2) is 23.1 Å². The van der Waals surface area contributed by atoms with Gasteiger partial charge in [0.05, 0.1) is 11.1 Å². The molecule has 1 saturated carbocycles. The quantitative estimate of drug-likeness (QED) is 0.803. The molecule has 20 heavy (non-hydrogen) atoms. The number of phenols is 1. The lowest BCUT2D eigenvalue weighted by atomic mass is 9.73. The second-order valence-electron chi connectivity index (χ2n) is 5.62. The first-order valence-electron chi connectivity index (χ1n) is 6.99. The van der Waals surface area contributed by atoms with Crippen LogP contribution >= 0.6 is 11.6 Å². The summed E-state index contributed by atoms with van der Waals surface area (Å²) in [5.41, 5.74) is 5.73. The number of amides is 1. The SMILES string of the molecule is CC1CCCCC1(CN)NC(=O)c1cc(Cl)ccc1O. The average Bonchev–Trinajstić information content (AvgIpc) is 2.44. The van der Waals surface area contributed by atoms with Crippen molar-refractivity contribution in [2.24, 2.45) is 11.7 Å². The highest BCUT2D eigenvalue weighted by Gasteiger charge is 2.38. The fourth-order valence-electron chi connectivity index (χ4n) is 2.94. The zero-order valence-electron chi connectivity index (χ0n) is 11.7. The molecular weight excluding hydrogens is 276 g/mol. The zero-order valence-corrected chi connectivity index (χ0v) is 12.4. The van der Waals surface area contributed by atoms with Crippen LogP contribution in [0.5, 0.6) is 5.75 Å². The number of nitrogens with two attached hydrogens (primary N) is 1. The zero-order chi connectivity index (χ0) is 14.8. The van der Waals surface area contributed by atoms with E-state index in [2.05, 4.69) is 12.2 Å². The van der Waals surface area contributed by atoms with Crippen LogP contribution in [0.25, 0.3) is 0 Å². The van der Waals surface area contributed by atoms with Gasteiger partial charge in [0, 0.05) is 11.6 Å². The number of nitrogens with one attached hydrogen (secondary N) is 1. The van der Waals surface area contributed by atoms with Gasteiger partial charge in [-0.25, -0.2) is 0 Å². The number of hydrogen-bond donors (Lipinski definition) is 3. The minimum atomic E-state index is -0.385. The smallest absolute Gasteiger partial charge is 0.255 e. The third-order valence-electron chi connectivity index (χ3n) is 4.38. The number of carbonyl (C=O) groups is 1. The van der Waals surface area contributed by atoms with Gasteiger partial charge in [0.25, 0.3) is 5.91 Å². The lowest BCUT2D eigenvalue weighted by Crippen LogP contribution is -2.59. The van der Waals surface area contributed by atoms with Crippen LogP contribution in [0.4, 0.5) is 0 Å². The van der Waals surface area contributed by atoms with Gasteiger partial charge >= 0.3 is 0 Å². The Morgan fingerprint density at radius 2 is 2.30 bits per heavy atom. The molecular formula is C15H21ClN2O2. The molecule has 4 nitrogen and oxygen atoms in total. The highest BCUT2D eigenvalue weighted by Crippen LogP contribution is 2.33. The number of aromatic hydroxyl groups is 1. The van der Waals surface area contributed by atoms with Crippen molar-refractivity contribution in [3.63, 3.8) is 0 Å². The Kier molecular flexibility index (Phi) is 4.55. The van der Waals surface area contributed by atoms with Gasteiger partial charge in [-0.05, 0) is 37.0 Å². The van der Waals surface area contributed by atoms with E-state index in [-0.39, 0.29) is 22.8 Å². The summed E-state index contributed by atoms with van der Waals surface area (Å²) in [5.74, 6) is -0.0572. The van der Waals surface area contributed by atoms with Crippen LogP contribution < -0.4 is 11.1 Å². The minimum Gasteiger partial charge on any atom is -0.507 e. The van der Waals surface area contributed by atoms with Gasteiger partial charge in [-0.15, -0.1) is 0 Å². The topological polar surface area (TPSA) is 75.3 Å². The molecule has 0 saturated heterocycles. The van der Waals surface area contributed by atoms with Crippen LogP contribution in [0.1, 0.15) is 43.0 Å². The second kappa shape index (κ2) is 6.02. The van der Waals surface area contributed by atoms with E-state index in [0.29, 0.717) is 17.5 Å². The number of halogens is 1. The molecule has 0 heterocycles. The van der Waals surface area contributed by atoms with Gasteiger partial charge in [-0.3, -0.25) is 4.79 Å². The first-order chi connectivity index (χ1) is 9.48. The van der Waals surface area contributed by atoms with Crippen LogP contribution in [0.2, 0.25) is 5.02 Å². The summed E-state index contributed by atoms with van der Waals surface area (Å²) in [4.78, 5) is 12.4. The summed E-state index contributed by atoms with van der Waals surface area (Å²) in [6, 6.07) is 4.45. The summed E-state index contributed by atoms with van der Waals surface area (Å²) >= 11 is 5.89. The van der Waals surface area contributed by atoms with Gasteiger partial charge < -0.3 is 16.2 Å². The van der Waals surface area contributed by atoms with Gasteiger partial charge in [-0.1, -0.05) is 31.4 Å². The molecule has 2 rings (SSSR count). The van der Waals surface area contributed by atoms with E-state index in [1.807, 2.05) is 0 Å². The van der Waals surface area contributed by atoms with Crippen LogP contribution in [-0.2, 0) is 0 Å². The largest absolute Gasteiger partial charge is 0.507 e. The number of carbonyl (C=O) groups excluding carboxylic acids is 1. The Labute approximate surface area is 124 Å². The van der Waals surface area contributed by atoms with E-state index in [0.717, 1.165) is 19.3 Å². The second-order valence-corrected chi connectivity index (χ2v) is 6.06. The molecule has 1 aliphatic rings.